The van der Waals surface area contributed by atoms with Crippen LogP contribution < -0.4 is 5.32 Å². The Bertz CT molecular complexity index is 757. The average molecular weight is 388 g/mol. The van der Waals surface area contributed by atoms with Crippen molar-refractivity contribution >= 4 is 38.4 Å². The molecule has 1 aliphatic heterocycles. The van der Waals surface area contributed by atoms with E-state index in [1.165, 1.54) is 12.8 Å². The van der Waals surface area contributed by atoms with Crippen LogP contribution in [0.2, 0.25) is 0 Å². The fourth-order valence-electron chi connectivity index (χ4n) is 3.97. The minimum Gasteiger partial charge on any atom is -0.380 e. The Kier molecular flexibility index (Phi) is 4.44. The van der Waals surface area contributed by atoms with Gasteiger partial charge in [0, 0.05) is 46.8 Å². The topological polar surface area (TPSA) is 45.2 Å². The number of benzene rings is 1. The van der Waals surface area contributed by atoms with Crippen LogP contribution in [0.4, 0.5) is 5.69 Å². The van der Waals surface area contributed by atoms with Gasteiger partial charge in [0.1, 0.15) is 0 Å². The second kappa shape index (κ2) is 6.71. The predicted octanol–water partition coefficient (Wildman–Crippen LogP) is 4.20. The number of aromatic nitrogens is 1. The van der Waals surface area contributed by atoms with Gasteiger partial charge in [-0.05, 0) is 43.5 Å². The van der Waals surface area contributed by atoms with E-state index >= 15 is 0 Å². The molecule has 1 saturated heterocycles. The molecule has 1 aliphatic carbocycles. The summed E-state index contributed by atoms with van der Waals surface area (Å²) in [6, 6.07) is 8.48. The molecule has 24 heavy (non-hydrogen) atoms. The summed E-state index contributed by atoms with van der Waals surface area (Å²) in [5.74, 6) is 0.653. The third-order valence-corrected chi connectivity index (χ3v) is 5.76. The molecule has 0 bridgehead atoms. The van der Waals surface area contributed by atoms with E-state index in [0.29, 0.717) is 11.9 Å². The van der Waals surface area contributed by atoms with Crippen molar-refractivity contribution in [2.75, 3.05) is 18.4 Å². The molecule has 5 heteroatoms. The van der Waals surface area contributed by atoms with Gasteiger partial charge >= 0.3 is 0 Å². The molecular weight excluding hydrogens is 366 g/mol. The first-order chi connectivity index (χ1) is 11.7. The summed E-state index contributed by atoms with van der Waals surface area (Å²) < 4.78 is 1.05. The van der Waals surface area contributed by atoms with E-state index in [9.17, 15) is 4.79 Å². The molecule has 1 saturated carbocycles. The van der Waals surface area contributed by atoms with Crippen LogP contribution in [0.3, 0.4) is 0 Å². The third-order valence-electron chi connectivity index (χ3n) is 5.27. The highest BCUT2D eigenvalue weighted by molar-refractivity contribution is 9.10. The summed E-state index contributed by atoms with van der Waals surface area (Å²) in [4.78, 5) is 19.1. The van der Waals surface area contributed by atoms with Gasteiger partial charge in [0.2, 0.25) is 5.91 Å². The van der Waals surface area contributed by atoms with Gasteiger partial charge in [-0.1, -0.05) is 28.8 Å². The molecule has 2 aliphatic rings. The van der Waals surface area contributed by atoms with Crippen molar-refractivity contribution in [1.82, 2.24) is 9.88 Å². The van der Waals surface area contributed by atoms with Crippen LogP contribution in [-0.2, 0) is 4.79 Å². The van der Waals surface area contributed by atoms with Crippen molar-refractivity contribution in [3.05, 3.63) is 34.9 Å². The monoisotopic (exact) mass is 387 g/mol. The van der Waals surface area contributed by atoms with Crippen molar-refractivity contribution in [3.8, 4) is 0 Å². The first-order valence-corrected chi connectivity index (χ1v) is 9.59. The van der Waals surface area contributed by atoms with Crippen molar-refractivity contribution in [2.45, 2.75) is 38.1 Å². The van der Waals surface area contributed by atoms with Gasteiger partial charge < -0.3 is 10.2 Å². The number of amides is 1. The third kappa shape index (κ3) is 3.14. The normalized spacial score (nSPS) is 21.5. The van der Waals surface area contributed by atoms with Gasteiger partial charge in [0.25, 0.3) is 0 Å². The van der Waals surface area contributed by atoms with Crippen LogP contribution >= 0.6 is 15.9 Å². The van der Waals surface area contributed by atoms with Crippen LogP contribution in [-0.4, -0.2) is 34.9 Å². The molecule has 2 fully saturated rings. The van der Waals surface area contributed by atoms with Gasteiger partial charge in [-0.15, -0.1) is 0 Å². The van der Waals surface area contributed by atoms with E-state index in [2.05, 4.69) is 37.2 Å². The van der Waals surface area contributed by atoms with Crippen LogP contribution in [0.5, 0.6) is 0 Å². The lowest BCUT2D eigenvalue weighted by Crippen LogP contribution is -2.35. The average Bonchev–Trinajstić information content (AvgIpc) is 3.26. The number of hydrogen-bond donors (Lipinski definition) is 1. The number of nitrogens with zero attached hydrogens (tertiary/aromatic N) is 2. The van der Waals surface area contributed by atoms with E-state index < -0.39 is 0 Å². The molecule has 126 valence electrons. The maximum Gasteiger partial charge on any atom is 0.225 e. The summed E-state index contributed by atoms with van der Waals surface area (Å²) in [6.07, 6.45) is 7.44. The lowest BCUT2D eigenvalue weighted by molar-refractivity contribution is -0.134. The minimum atomic E-state index is 0.279. The van der Waals surface area contributed by atoms with Gasteiger partial charge in [0.15, 0.2) is 0 Å². The van der Waals surface area contributed by atoms with Gasteiger partial charge in [0.05, 0.1) is 5.52 Å². The zero-order valence-corrected chi connectivity index (χ0v) is 15.3. The highest BCUT2D eigenvalue weighted by Gasteiger charge is 2.32. The van der Waals surface area contributed by atoms with E-state index in [1.54, 1.807) is 0 Å². The molecule has 0 spiro atoms. The summed E-state index contributed by atoms with van der Waals surface area (Å²) in [5, 5.41) is 4.75. The number of hydrogen-bond acceptors (Lipinski definition) is 3. The number of rotatable bonds is 3. The molecule has 1 atom stereocenters. The maximum atomic E-state index is 12.6. The second-order valence-electron chi connectivity index (χ2n) is 6.92. The first-order valence-electron chi connectivity index (χ1n) is 8.80. The Balaban J connectivity index is 1.47. The van der Waals surface area contributed by atoms with Crippen LogP contribution in [0.15, 0.2) is 34.9 Å². The molecule has 1 N–H and O–H groups in total. The fraction of sp³-hybridized carbons (Fsp3) is 0.474. The number of likely N-dealkylation sites (tertiary alicyclic amines) is 1. The second-order valence-corrected chi connectivity index (χ2v) is 7.83. The number of halogens is 1. The van der Waals surface area contributed by atoms with E-state index in [4.69, 9.17) is 0 Å². The fourth-order valence-corrected chi connectivity index (χ4v) is 4.33. The molecular formula is C19H22BrN3O. The maximum absolute atomic E-state index is 12.6. The number of anilines is 1. The lowest BCUT2D eigenvalue weighted by atomic mass is 10.1. The first kappa shape index (κ1) is 15.9. The number of nitrogens with one attached hydrogen (secondary N) is 1. The standard InChI is InChI=1S/C19H22BrN3O/c20-14-5-6-17-16(11-14)18(7-9-21-17)22-15-8-10-23(12-15)19(24)13-3-1-2-4-13/h5-7,9,11,13,15H,1-4,8,10,12H2,(H,21,22). The molecule has 1 unspecified atom stereocenters. The van der Waals surface area contributed by atoms with Crippen molar-refractivity contribution in [2.24, 2.45) is 5.92 Å². The summed E-state index contributed by atoms with van der Waals surface area (Å²) in [7, 11) is 0. The molecule has 2 aromatic rings. The molecule has 2 heterocycles. The van der Waals surface area contributed by atoms with Crippen molar-refractivity contribution < 1.29 is 4.79 Å². The molecule has 1 amide bonds. The summed E-state index contributed by atoms with van der Waals surface area (Å²) in [6.45, 7) is 1.69. The Labute approximate surface area is 150 Å². The summed E-state index contributed by atoms with van der Waals surface area (Å²) >= 11 is 3.54. The SMILES string of the molecule is O=C(C1CCCC1)N1CCC(Nc2ccnc3ccc(Br)cc23)C1. The number of fused-ring (bicyclic) bond motifs is 1. The van der Waals surface area contributed by atoms with Gasteiger partial charge in [-0.3, -0.25) is 9.78 Å². The number of carbonyl (C=O) groups is 1. The zero-order chi connectivity index (χ0) is 16.5. The zero-order valence-electron chi connectivity index (χ0n) is 13.7. The van der Waals surface area contributed by atoms with Gasteiger partial charge in [-0.25, -0.2) is 0 Å². The van der Waals surface area contributed by atoms with E-state index in [0.717, 1.165) is 53.4 Å². The summed E-state index contributed by atoms with van der Waals surface area (Å²) in [5.41, 5.74) is 2.08. The molecule has 4 rings (SSSR count). The van der Waals surface area contributed by atoms with Gasteiger partial charge in [-0.2, -0.15) is 0 Å². The lowest BCUT2D eigenvalue weighted by Gasteiger charge is -2.21. The predicted molar refractivity (Wildman–Crippen MR) is 100 cm³/mol. The molecule has 1 aromatic carbocycles. The van der Waals surface area contributed by atoms with Crippen LogP contribution in [0, 0.1) is 5.92 Å². The molecule has 1 aromatic heterocycles. The number of pyridine rings is 1. The highest BCUT2D eigenvalue weighted by Crippen LogP contribution is 2.30. The quantitative estimate of drug-likeness (QED) is 0.857. The van der Waals surface area contributed by atoms with Crippen molar-refractivity contribution in [1.29, 1.82) is 0 Å². The molecule has 0 radical (unpaired) electrons. The number of carbonyl (C=O) groups excluding carboxylic acids is 1. The largest absolute Gasteiger partial charge is 0.380 e. The Morgan fingerprint density at radius 3 is 2.88 bits per heavy atom. The van der Waals surface area contributed by atoms with E-state index in [1.807, 2.05) is 24.4 Å². The van der Waals surface area contributed by atoms with Crippen LogP contribution in [0.1, 0.15) is 32.1 Å². The van der Waals surface area contributed by atoms with Crippen molar-refractivity contribution in [3.63, 3.8) is 0 Å². The molecule has 4 nitrogen and oxygen atoms in total. The Morgan fingerprint density at radius 1 is 1.21 bits per heavy atom. The highest BCUT2D eigenvalue weighted by atomic mass is 79.9. The van der Waals surface area contributed by atoms with E-state index in [-0.39, 0.29) is 5.92 Å². The Morgan fingerprint density at radius 2 is 2.04 bits per heavy atom. The minimum absolute atomic E-state index is 0.279. The Hall–Kier alpha value is -1.62. The smallest absolute Gasteiger partial charge is 0.225 e. The van der Waals surface area contributed by atoms with Crippen LogP contribution in [0.25, 0.3) is 10.9 Å².